The molecule has 0 saturated heterocycles. The monoisotopic (exact) mass is 450 g/mol. The molecule has 0 spiro atoms. The van der Waals surface area contributed by atoms with E-state index in [2.05, 4.69) is 15.5 Å². The molecule has 4 aromatic rings. The van der Waals surface area contributed by atoms with Crippen LogP contribution in [0.5, 0.6) is 0 Å². The van der Waals surface area contributed by atoms with E-state index in [9.17, 15) is 8.78 Å². The third kappa shape index (κ3) is 5.23. The summed E-state index contributed by atoms with van der Waals surface area (Å²) in [6, 6.07) is 17.1. The van der Waals surface area contributed by atoms with Crippen LogP contribution in [0.25, 0.3) is 22.0 Å². The number of aryl methyl sites for hydroxylation is 1. The number of halogens is 2. The first-order chi connectivity index (χ1) is 15.5. The van der Waals surface area contributed by atoms with Gasteiger partial charge in [-0.05, 0) is 50.2 Å². The van der Waals surface area contributed by atoms with Crippen molar-refractivity contribution in [2.75, 3.05) is 5.43 Å². The molecule has 32 heavy (non-hydrogen) atoms. The molecule has 164 valence electrons. The fraction of sp³-hybridized carbons (Fsp3) is 0.160. The van der Waals surface area contributed by atoms with Gasteiger partial charge >= 0.3 is 0 Å². The predicted molar refractivity (Wildman–Crippen MR) is 129 cm³/mol. The Bertz CT molecular complexity index is 1180. The lowest BCUT2D eigenvalue weighted by Crippen LogP contribution is -2.05. The molecule has 0 fully saturated rings. The molecule has 0 saturated carbocycles. The number of benzene rings is 2. The van der Waals surface area contributed by atoms with Crippen LogP contribution in [0.1, 0.15) is 31.2 Å². The summed E-state index contributed by atoms with van der Waals surface area (Å²) in [7, 11) is 0. The van der Waals surface area contributed by atoms with Crippen molar-refractivity contribution in [1.29, 1.82) is 0 Å². The standard InChI is InChI=1S/C23H18F2N4S.C2H6/c1-14(21-18(24)6-5-7-19(21)25)28-29-17-11-9-16(10-12-17)22-15(2)30-23(27-22)20-8-3-4-13-26-20;1-2/h3-13,29H,1-2H3;1-2H3/b28-14+;. The number of nitrogens with one attached hydrogen (secondary N) is 1. The van der Waals surface area contributed by atoms with Gasteiger partial charge in [0.25, 0.3) is 0 Å². The van der Waals surface area contributed by atoms with Gasteiger partial charge in [0, 0.05) is 16.6 Å². The third-order valence-electron chi connectivity index (χ3n) is 4.52. The average molecular weight is 451 g/mol. The molecule has 0 radical (unpaired) electrons. The molecule has 0 aliphatic heterocycles. The van der Waals surface area contributed by atoms with E-state index >= 15 is 0 Å². The van der Waals surface area contributed by atoms with Crippen molar-refractivity contribution in [2.45, 2.75) is 27.7 Å². The highest BCUT2D eigenvalue weighted by Crippen LogP contribution is 2.32. The molecule has 2 aromatic carbocycles. The van der Waals surface area contributed by atoms with E-state index in [1.807, 2.05) is 63.2 Å². The lowest BCUT2D eigenvalue weighted by molar-refractivity contribution is 0.579. The molecule has 0 aliphatic rings. The molecule has 1 N–H and O–H groups in total. The van der Waals surface area contributed by atoms with Gasteiger partial charge in [-0.15, -0.1) is 11.3 Å². The van der Waals surface area contributed by atoms with Crippen LogP contribution in [0, 0.1) is 18.6 Å². The van der Waals surface area contributed by atoms with Crippen molar-refractivity contribution in [3.05, 3.63) is 88.9 Å². The highest BCUT2D eigenvalue weighted by Gasteiger charge is 2.13. The largest absolute Gasteiger partial charge is 0.278 e. The summed E-state index contributed by atoms with van der Waals surface area (Å²) in [5, 5.41) is 4.99. The lowest BCUT2D eigenvalue weighted by Gasteiger charge is -2.06. The summed E-state index contributed by atoms with van der Waals surface area (Å²) in [6.45, 7) is 7.59. The van der Waals surface area contributed by atoms with E-state index in [1.165, 1.54) is 18.2 Å². The normalized spacial score (nSPS) is 11.0. The number of rotatable bonds is 5. The van der Waals surface area contributed by atoms with Crippen LogP contribution in [0.3, 0.4) is 0 Å². The number of hydrogen-bond acceptors (Lipinski definition) is 5. The van der Waals surface area contributed by atoms with Crippen molar-refractivity contribution in [1.82, 2.24) is 9.97 Å². The molecular formula is C25H24F2N4S. The van der Waals surface area contributed by atoms with Gasteiger partial charge in [0.15, 0.2) is 0 Å². The van der Waals surface area contributed by atoms with Gasteiger partial charge in [0.1, 0.15) is 16.6 Å². The molecule has 4 nitrogen and oxygen atoms in total. The molecule has 4 rings (SSSR count). The van der Waals surface area contributed by atoms with Crippen LogP contribution >= 0.6 is 11.3 Å². The van der Waals surface area contributed by atoms with Gasteiger partial charge in [-0.1, -0.05) is 38.1 Å². The minimum absolute atomic E-state index is 0.137. The highest BCUT2D eigenvalue weighted by atomic mass is 32.1. The smallest absolute Gasteiger partial charge is 0.142 e. The summed E-state index contributed by atoms with van der Waals surface area (Å²) >= 11 is 1.60. The maximum absolute atomic E-state index is 13.9. The van der Waals surface area contributed by atoms with E-state index in [1.54, 1.807) is 24.5 Å². The Kier molecular flexibility index (Phi) is 7.78. The second-order valence-corrected chi connectivity index (χ2v) is 7.83. The maximum atomic E-state index is 13.9. The Labute approximate surface area is 190 Å². The van der Waals surface area contributed by atoms with Crippen LogP contribution < -0.4 is 5.43 Å². The molecule has 0 atom stereocenters. The summed E-state index contributed by atoms with van der Waals surface area (Å²) < 4.78 is 27.7. The maximum Gasteiger partial charge on any atom is 0.142 e. The van der Waals surface area contributed by atoms with Gasteiger partial charge in [-0.3, -0.25) is 10.4 Å². The summed E-state index contributed by atoms with van der Waals surface area (Å²) in [5.74, 6) is -1.28. The van der Waals surface area contributed by atoms with Crippen LogP contribution in [0.15, 0.2) is 72.0 Å². The van der Waals surface area contributed by atoms with Crippen LogP contribution in [-0.2, 0) is 0 Å². The molecule has 2 aromatic heterocycles. The molecule has 0 bridgehead atoms. The first-order valence-electron chi connectivity index (χ1n) is 10.3. The average Bonchev–Trinajstić information content (AvgIpc) is 3.21. The van der Waals surface area contributed by atoms with Crippen molar-refractivity contribution in [2.24, 2.45) is 5.10 Å². The third-order valence-corrected chi connectivity index (χ3v) is 5.51. The first kappa shape index (κ1) is 23.2. The van der Waals surface area contributed by atoms with Crippen molar-refractivity contribution in [3.8, 4) is 22.0 Å². The number of hydrogen-bond donors (Lipinski definition) is 1. The molecule has 0 amide bonds. The zero-order valence-electron chi connectivity index (χ0n) is 18.4. The minimum atomic E-state index is -0.642. The van der Waals surface area contributed by atoms with Gasteiger partial charge in [0.2, 0.25) is 0 Å². The van der Waals surface area contributed by atoms with E-state index in [0.29, 0.717) is 5.69 Å². The second-order valence-electron chi connectivity index (χ2n) is 6.62. The number of thiazole rings is 1. The van der Waals surface area contributed by atoms with Crippen molar-refractivity contribution in [3.63, 3.8) is 0 Å². The van der Waals surface area contributed by atoms with E-state index in [-0.39, 0.29) is 11.3 Å². The zero-order valence-corrected chi connectivity index (χ0v) is 19.2. The molecule has 7 heteroatoms. The van der Waals surface area contributed by atoms with Gasteiger partial charge < -0.3 is 0 Å². The first-order valence-corrected chi connectivity index (χ1v) is 11.1. The molecule has 2 heterocycles. The summed E-state index contributed by atoms with van der Waals surface area (Å²) in [6.07, 6.45) is 1.75. The number of pyridine rings is 1. The van der Waals surface area contributed by atoms with Gasteiger partial charge in [-0.25, -0.2) is 13.8 Å². The Morgan fingerprint density at radius 2 is 1.62 bits per heavy atom. The number of aromatic nitrogens is 2. The second kappa shape index (κ2) is 10.7. The van der Waals surface area contributed by atoms with Crippen molar-refractivity contribution >= 4 is 22.7 Å². The summed E-state index contributed by atoms with van der Waals surface area (Å²) in [5.41, 5.74) is 6.36. The molecule has 0 aliphatic carbocycles. The highest BCUT2D eigenvalue weighted by molar-refractivity contribution is 7.15. The Morgan fingerprint density at radius 1 is 0.938 bits per heavy atom. The Balaban J connectivity index is 0.00000141. The zero-order chi connectivity index (χ0) is 23.1. The SMILES string of the molecule is C/C(=N\Nc1ccc(-c2nc(-c3ccccn3)sc2C)cc1)c1c(F)cccc1F.CC. The van der Waals surface area contributed by atoms with Crippen LogP contribution in [-0.4, -0.2) is 15.7 Å². The van der Waals surface area contributed by atoms with Gasteiger partial charge in [0.05, 0.1) is 28.4 Å². The van der Waals surface area contributed by atoms with Crippen LogP contribution in [0.4, 0.5) is 14.5 Å². The fourth-order valence-electron chi connectivity index (χ4n) is 3.01. The quantitative estimate of drug-likeness (QED) is 0.256. The van der Waals surface area contributed by atoms with E-state index < -0.39 is 11.6 Å². The minimum Gasteiger partial charge on any atom is -0.278 e. The topological polar surface area (TPSA) is 50.2 Å². The van der Waals surface area contributed by atoms with E-state index in [0.717, 1.165) is 26.8 Å². The van der Waals surface area contributed by atoms with Crippen molar-refractivity contribution < 1.29 is 8.78 Å². The number of nitrogens with zero attached hydrogens (tertiary/aromatic N) is 3. The number of hydrazone groups is 1. The fourth-order valence-corrected chi connectivity index (χ4v) is 3.93. The Hall–Kier alpha value is -3.45. The van der Waals surface area contributed by atoms with Crippen LogP contribution in [0.2, 0.25) is 0 Å². The molecular weight excluding hydrogens is 426 g/mol. The molecule has 0 unspecified atom stereocenters. The van der Waals surface area contributed by atoms with E-state index in [4.69, 9.17) is 4.98 Å². The summed E-state index contributed by atoms with van der Waals surface area (Å²) in [4.78, 5) is 10.2. The number of anilines is 1. The predicted octanol–water partition coefficient (Wildman–Crippen LogP) is 7.32. The van der Waals surface area contributed by atoms with Gasteiger partial charge in [-0.2, -0.15) is 5.10 Å². The lowest BCUT2D eigenvalue weighted by atomic mass is 10.1. The Morgan fingerprint density at radius 3 is 2.25 bits per heavy atom.